The molecular weight excluding hydrogens is 560 g/mol. The maximum absolute atomic E-state index is 13.1. The van der Waals surface area contributed by atoms with Gasteiger partial charge in [0.15, 0.2) is 27.2 Å². The summed E-state index contributed by atoms with van der Waals surface area (Å²) < 4.78 is 29.4. The molecule has 3 amide bonds. The fraction of sp³-hybridized carbons (Fsp3) is 0.500. The quantitative estimate of drug-likeness (QED) is 0.383. The van der Waals surface area contributed by atoms with Crippen molar-refractivity contribution >= 4 is 39.1 Å². The lowest BCUT2D eigenvalue weighted by molar-refractivity contribution is -0.00674. The van der Waals surface area contributed by atoms with Crippen molar-refractivity contribution in [2.24, 2.45) is 5.73 Å². The number of rotatable bonds is 8. The monoisotopic (exact) mass is 600 g/mol. The van der Waals surface area contributed by atoms with Crippen molar-refractivity contribution in [3.05, 3.63) is 48.6 Å². The topological polar surface area (TPSA) is 163 Å². The van der Waals surface area contributed by atoms with Gasteiger partial charge in [-0.2, -0.15) is 0 Å². The van der Waals surface area contributed by atoms with Crippen LogP contribution in [0.25, 0.3) is 0 Å². The average molecular weight is 601 g/mol. The summed E-state index contributed by atoms with van der Waals surface area (Å²) in [4.78, 5) is 40.0. The van der Waals surface area contributed by atoms with Crippen LogP contribution in [0.1, 0.15) is 44.1 Å². The summed E-state index contributed by atoms with van der Waals surface area (Å²) in [6, 6.07) is 5.88. The molecule has 3 heterocycles. The van der Waals surface area contributed by atoms with Gasteiger partial charge in [-0.05, 0) is 64.5 Å². The molecule has 2 aliphatic heterocycles. The molecule has 13 nitrogen and oxygen atoms in total. The first-order chi connectivity index (χ1) is 19.7. The first-order valence-electron chi connectivity index (χ1n) is 13.9. The zero-order valence-corrected chi connectivity index (χ0v) is 25.4. The Morgan fingerprint density at radius 3 is 2.31 bits per heavy atom. The van der Waals surface area contributed by atoms with E-state index in [4.69, 9.17) is 10.5 Å². The number of benzene rings is 1. The number of nitrogens with two attached hydrogens (primary N) is 1. The van der Waals surface area contributed by atoms with Crippen LogP contribution in [0.15, 0.2) is 47.8 Å². The Labute approximate surface area is 247 Å². The van der Waals surface area contributed by atoms with E-state index >= 15 is 0 Å². The van der Waals surface area contributed by atoms with Crippen LogP contribution in [-0.4, -0.2) is 97.3 Å². The molecule has 1 unspecified atom stereocenters. The van der Waals surface area contributed by atoms with Crippen LogP contribution in [0, 0.1) is 0 Å². The SMILES string of the molecule is C=C(OC(C)(C)C)N1CCN(C(=O)NC2CCCN(c3cnc(C(N)=O)c(Nc4ccc(S(C)(=O)=O)cc4)n3)C2)CC1. The minimum Gasteiger partial charge on any atom is -0.474 e. The van der Waals surface area contributed by atoms with Gasteiger partial charge in [0, 0.05) is 57.3 Å². The second-order valence-corrected chi connectivity index (χ2v) is 13.5. The highest BCUT2D eigenvalue weighted by Crippen LogP contribution is 2.25. The Hall–Kier alpha value is -4.07. The molecule has 2 aromatic rings. The number of aromatic nitrogens is 2. The summed E-state index contributed by atoms with van der Waals surface area (Å²) in [5.41, 5.74) is 5.69. The third kappa shape index (κ3) is 8.02. The second kappa shape index (κ2) is 12.4. The van der Waals surface area contributed by atoms with Crippen LogP contribution < -0.4 is 21.3 Å². The summed E-state index contributed by atoms with van der Waals surface area (Å²) in [5, 5.41) is 6.19. The van der Waals surface area contributed by atoms with Crippen LogP contribution >= 0.6 is 0 Å². The van der Waals surface area contributed by atoms with Crippen LogP contribution in [0.2, 0.25) is 0 Å². The minimum absolute atomic E-state index is 0.0393. The van der Waals surface area contributed by atoms with Crippen LogP contribution in [0.5, 0.6) is 0 Å². The summed E-state index contributed by atoms with van der Waals surface area (Å²) in [7, 11) is -3.35. The van der Waals surface area contributed by atoms with E-state index in [1.165, 1.54) is 18.3 Å². The number of urea groups is 1. The summed E-state index contributed by atoms with van der Waals surface area (Å²) in [6.45, 7) is 13.6. The van der Waals surface area contributed by atoms with E-state index in [9.17, 15) is 18.0 Å². The highest BCUT2D eigenvalue weighted by molar-refractivity contribution is 7.90. The third-order valence-electron chi connectivity index (χ3n) is 6.95. The molecule has 0 spiro atoms. The molecule has 1 atom stereocenters. The second-order valence-electron chi connectivity index (χ2n) is 11.5. The van der Waals surface area contributed by atoms with Gasteiger partial charge in [-0.1, -0.05) is 0 Å². The molecule has 228 valence electrons. The number of carbonyl (C=O) groups excluding carboxylic acids is 2. The normalized spacial score (nSPS) is 17.9. The van der Waals surface area contributed by atoms with Gasteiger partial charge in [0.25, 0.3) is 5.91 Å². The molecule has 0 saturated carbocycles. The zero-order valence-electron chi connectivity index (χ0n) is 24.6. The standard InChI is InChI=1S/C28H40N8O5S/c1-19(41-28(2,3)4)34-13-15-35(16-14-34)27(38)32-21-7-6-12-36(18-21)23-17-30-24(25(29)37)26(33-23)31-20-8-10-22(11-9-20)42(5,39)40/h8-11,17,21H,1,6-7,12-16,18H2,2-5H3,(H2,29,37)(H,31,33)(H,32,38). The molecule has 2 saturated heterocycles. The van der Waals surface area contributed by atoms with Crippen LogP contribution in [0.3, 0.4) is 0 Å². The highest BCUT2D eigenvalue weighted by atomic mass is 32.2. The first kappa shape index (κ1) is 30.9. The first-order valence-corrected chi connectivity index (χ1v) is 15.8. The smallest absolute Gasteiger partial charge is 0.317 e. The van der Waals surface area contributed by atoms with Crippen molar-refractivity contribution in [3.63, 3.8) is 0 Å². The van der Waals surface area contributed by atoms with Crippen molar-refractivity contribution in [1.82, 2.24) is 25.1 Å². The number of hydrogen-bond donors (Lipinski definition) is 3. The van der Waals surface area contributed by atoms with Crippen molar-refractivity contribution in [2.75, 3.05) is 55.7 Å². The van der Waals surface area contributed by atoms with Crippen LogP contribution in [0.4, 0.5) is 22.1 Å². The third-order valence-corrected chi connectivity index (χ3v) is 8.08. The van der Waals surface area contributed by atoms with Gasteiger partial charge >= 0.3 is 6.03 Å². The number of sulfone groups is 1. The number of hydrogen-bond acceptors (Lipinski definition) is 10. The Morgan fingerprint density at radius 2 is 1.71 bits per heavy atom. The Bertz CT molecular complexity index is 1420. The number of nitrogens with one attached hydrogen (secondary N) is 2. The number of amides is 3. The maximum atomic E-state index is 13.1. The summed E-state index contributed by atoms with van der Waals surface area (Å²) in [6.07, 6.45) is 4.28. The number of carbonyl (C=O) groups is 2. The average Bonchev–Trinajstić information content (AvgIpc) is 2.92. The predicted octanol–water partition coefficient (Wildman–Crippen LogP) is 2.30. The number of piperazine rings is 1. The predicted molar refractivity (Wildman–Crippen MR) is 160 cm³/mol. The maximum Gasteiger partial charge on any atom is 0.317 e. The molecule has 2 aliphatic rings. The summed E-state index contributed by atoms with van der Waals surface area (Å²) in [5.74, 6) is 0.559. The fourth-order valence-corrected chi connectivity index (χ4v) is 5.50. The number of primary amides is 1. The molecule has 4 N–H and O–H groups in total. The van der Waals surface area contributed by atoms with Gasteiger partial charge in [-0.15, -0.1) is 0 Å². The van der Waals surface area contributed by atoms with E-state index in [-0.39, 0.29) is 34.1 Å². The van der Waals surface area contributed by atoms with E-state index < -0.39 is 15.7 Å². The Balaban J connectivity index is 1.38. The van der Waals surface area contributed by atoms with Crippen molar-refractivity contribution in [1.29, 1.82) is 0 Å². The van der Waals surface area contributed by atoms with Gasteiger partial charge < -0.3 is 35.8 Å². The molecule has 0 bridgehead atoms. The van der Waals surface area contributed by atoms with E-state index in [1.54, 1.807) is 17.0 Å². The number of piperidine rings is 1. The van der Waals surface area contributed by atoms with Crippen molar-refractivity contribution in [2.45, 2.75) is 50.2 Å². The molecular formula is C28H40N8O5S. The van der Waals surface area contributed by atoms with Gasteiger partial charge in [-0.25, -0.2) is 23.2 Å². The number of ether oxygens (including phenoxy) is 1. The van der Waals surface area contributed by atoms with E-state index in [0.717, 1.165) is 19.1 Å². The molecule has 1 aromatic heterocycles. The lowest BCUT2D eigenvalue weighted by atomic mass is 10.1. The van der Waals surface area contributed by atoms with Crippen LogP contribution in [-0.2, 0) is 14.6 Å². The Kier molecular flexibility index (Phi) is 9.14. The lowest BCUT2D eigenvalue weighted by Gasteiger charge is -2.39. The molecule has 2 fully saturated rings. The lowest BCUT2D eigenvalue weighted by Crippen LogP contribution is -2.56. The van der Waals surface area contributed by atoms with E-state index in [1.807, 2.05) is 25.7 Å². The zero-order chi connectivity index (χ0) is 30.7. The van der Waals surface area contributed by atoms with E-state index in [2.05, 4.69) is 32.1 Å². The Morgan fingerprint density at radius 1 is 1.07 bits per heavy atom. The molecule has 4 rings (SSSR count). The molecule has 0 radical (unpaired) electrons. The van der Waals surface area contributed by atoms with Gasteiger partial charge in [-0.3, -0.25) is 4.79 Å². The number of anilines is 3. The molecule has 0 aliphatic carbocycles. The van der Waals surface area contributed by atoms with Gasteiger partial charge in [0.1, 0.15) is 11.4 Å². The van der Waals surface area contributed by atoms with Gasteiger partial charge in [0.2, 0.25) is 0 Å². The molecule has 42 heavy (non-hydrogen) atoms. The van der Waals surface area contributed by atoms with Crippen molar-refractivity contribution < 1.29 is 22.7 Å². The van der Waals surface area contributed by atoms with Gasteiger partial charge in [0.05, 0.1) is 11.1 Å². The van der Waals surface area contributed by atoms with Crippen molar-refractivity contribution in [3.8, 4) is 0 Å². The summed E-state index contributed by atoms with van der Waals surface area (Å²) >= 11 is 0. The minimum atomic E-state index is -3.35. The largest absolute Gasteiger partial charge is 0.474 e. The highest BCUT2D eigenvalue weighted by Gasteiger charge is 2.28. The number of nitrogens with zero attached hydrogens (tertiary/aromatic N) is 5. The fourth-order valence-electron chi connectivity index (χ4n) is 4.87. The van der Waals surface area contributed by atoms with E-state index in [0.29, 0.717) is 56.7 Å². The molecule has 14 heteroatoms. The molecule has 1 aromatic carbocycles.